The number of anilines is 1. The number of hydrogen-bond donors (Lipinski definition) is 5. The molecule has 0 fully saturated rings. The monoisotopic (exact) mass is 431 g/mol. The van der Waals surface area contributed by atoms with E-state index in [1.54, 1.807) is 18.2 Å². The maximum atomic E-state index is 13.0. The van der Waals surface area contributed by atoms with Gasteiger partial charge >= 0.3 is 13.1 Å². The van der Waals surface area contributed by atoms with Gasteiger partial charge in [0.05, 0.1) is 17.3 Å². The molecule has 1 atom stereocenters. The number of esters is 1. The van der Waals surface area contributed by atoms with Gasteiger partial charge in [-0.25, -0.2) is 4.79 Å². The standard InChI is InChI=1S/C21H30BN3O4S/c1-12(2)29-19(26)16-15-10-21(5,23)25-20(3,4)17(15)30-18(16)24-11-13-7-6-8-14(9-13)22(27)28/h6-9,12,24-25,27-28H,10-11,23H2,1-5H3. The minimum atomic E-state index is -1.52. The first-order chi connectivity index (χ1) is 13.9. The first kappa shape index (κ1) is 22.8. The Morgan fingerprint density at radius 2 is 2.07 bits per heavy atom. The van der Waals surface area contributed by atoms with Crippen LogP contribution in [-0.4, -0.2) is 34.9 Å². The lowest BCUT2D eigenvalue weighted by atomic mass is 9.79. The van der Waals surface area contributed by atoms with Crippen molar-refractivity contribution in [2.75, 3.05) is 5.32 Å². The van der Waals surface area contributed by atoms with E-state index in [0.29, 0.717) is 24.0 Å². The summed E-state index contributed by atoms with van der Waals surface area (Å²) in [6.45, 7) is 10.1. The van der Waals surface area contributed by atoms with Crippen molar-refractivity contribution in [1.82, 2.24) is 5.32 Å². The zero-order valence-corrected chi connectivity index (χ0v) is 18.9. The summed E-state index contributed by atoms with van der Waals surface area (Å²) in [7, 11) is -1.52. The van der Waals surface area contributed by atoms with E-state index in [9.17, 15) is 14.8 Å². The Morgan fingerprint density at radius 3 is 2.70 bits per heavy atom. The van der Waals surface area contributed by atoms with Crippen LogP contribution < -0.4 is 21.8 Å². The number of carbonyl (C=O) groups excluding carboxylic acids is 1. The number of carbonyl (C=O) groups is 1. The fourth-order valence-electron chi connectivity index (χ4n) is 3.98. The highest BCUT2D eigenvalue weighted by Crippen LogP contribution is 2.44. The van der Waals surface area contributed by atoms with E-state index in [2.05, 4.69) is 24.5 Å². The molecule has 1 aliphatic heterocycles. The van der Waals surface area contributed by atoms with Crippen molar-refractivity contribution in [2.45, 2.75) is 64.9 Å². The fourth-order valence-corrected chi connectivity index (χ4v) is 5.24. The highest BCUT2D eigenvalue weighted by molar-refractivity contribution is 7.17. The van der Waals surface area contributed by atoms with Gasteiger partial charge in [-0.3, -0.25) is 5.32 Å². The lowest BCUT2D eigenvalue weighted by molar-refractivity contribution is 0.0377. The van der Waals surface area contributed by atoms with Crippen LogP contribution >= 0.6 is 11.3 Å². The van der Waals surface area contributed by atoms with E-state index in [0.717, 1.165) is 21.0 Å². The van der Waals surface area contributed by atoms with Gasteiger partial charge < -0.3 is 25.8 Å². The van der Waals surface area contributed by atoms with Crippen LogP contribution in [0, 0.1) is 0 Å². The number of ether oxygens (including phenoxy) is 1. The van der Waals surface area contributed by atoms with Gasteiger partial charge in [0.25, 0.3) is 0 Å². The van der Waals surface area contributed by atoms with Crippen molar-refractivity contribution in [1.29, 1.82) is 0 Å². The Kier molecular flexibility index (Phi) is 6.31. The minimum absolute atomic E-state index is 0.234. The van der Waals surface area contributed by atoms with Gasteiger partial charge in [-0.05, 0) is 51.2 Å². The molecule has 0 aliphatic carbocycles. The van der Waals surface area contributed by atoms with Crippen LogP contribution in [0.2, 0.25) is 0 Å². The predicted molar refractivity (Wildman–Crippen MR) is 121 cm³/mol. The molecule has 0 saturated heterocycles. The third kappa shape index (κ3) is 4.87. The molecule has 3 rings (SSSR count). The van der Waals surface area contributed by atoms with Crippen LogP contribution in [0.15, 0.2) is 24.3 Å². The smallest absolute Gasteiger partial charge is 0.459 e. The van der Waals surface area contributed by atoms with Crippen molar-refractivity contribution in [3.05, 3.63) is 45.8 Å². The Morgan fingerprint density at radius 1 is 1.37 bits per heavy atom. The second-order valence-corrected chi connectivity index (χ2v) is 9.91. The molecule has 0 saturated carbocycles. The molecule has 1 unspecified atom stereocenters. The molecule has 2 heterocycles. The maximum absolute atomic E-state index is 13.0. The molecule has 162 valence electrons. The van der Waals surface area contributed by atoms with E-state index in [1.165, 1.54) is 11.3 Å². The first-order valence-electron chi connectivity index (χ1n) is 10.0. The van der Waals surface area contributed by atoms with E-state index in [4.69, 9.17) is 10.5 Å². The number of fused-ring (bicyclic) bond motifs is 1. The maximum Gasteiger partial charge on any atom is 0.488 e. The van der Waals surface area contributed by atoms with Crippen LogP contribution in [0.3, 0.4) is 0 Å². The molecular formula is C21H30BN3O4S. The Balaban J connectivity index is 1.99. The normalized spacial score (nSPS) is 20.0. The van der Waals surface area contributed by atoms with Crippen molar-refractivity contribution < 1.29 is 19.6 Å². The SMILES string of the molecule is CC(C)OC(=O)c1c(NCc2cccc(B(O)O)c2)sc2c1CC(C)(N)NC2(C)C. The summed E-state index contributed by atoms with van der Waals surface area (Å²) in [4.78, 5) is 14.1. The van der Waals surface area contributed by atoms with Crippen molar-refractivity contribution in [3.63, 3.8) is 0 Å². The van der Waals surface area contributed by atoms with E-state index in [-0.39, 0.29) is 12.1 Å². The summed E-state index contributed by atoms with van der Waals surface area (Å²) in [5.41, 5.74) is 8.14. The molecule has 30 heavy (non-hydrogen) atoms. The number of benzene rings is 1. The quantitative estimate of drug-likeness (QED) is 0.349. The summed E-state index contributed by atoms with van der Waals surface area (Å²) in [6, 6.07) is 7.03. The third-order valence-corrected chi connectivity index (χ3v) is 6.48. The van der Waals surface area contributed by atoms with Crippen molar-refractivity contribution >= 4 is 34.9 Å². The summed E-state index contributed by atoms with van der Waals surface area (Å²) >= 11 is 1.53. The molecule has 0 bridgehead atoms. The molecule has 1 aliphatic rings. The molecule has 1 aromatic carbocycles. The van der Waals surface area contributed by atoms with Crippen LogP contribution in [0.1, 0.15) is 61.0 Å². The largest absolute Gasteiger partial charge is 0.488 e. The lowest BCUT2D eigenvalue weighted by Crippen LogP contribution is -2.62. The van der Waals surface area contributed by atoms with Crippen LogP contribution in [0.5, 0.6) is 0 Å². The van der Waals surface area contributed by atoms with Gasteiger partial charge in [0.15, 0.2) is 0 Å². The van der Waals surface area contributed by atoms with Gasteiger partial charge in [-0.1, -0.05) is 24.3 Å². The second kappa shape index (κ2) is 8.32. The molecule has 6 N–H and O–H groups in total. The zero-order chi connectivity index (χ0) is 22.3. The summed E-state index contributed by atoms with van der Waals surface area (Å²) in [6.07, 6.45) is 0.279. The van der Waals surface area contributed by atoms with E-state index in [1.807, 2.05) is 26.8 Å². The van der Waals surface area contributed by atoms with E-state index < -0.39 is 18.3 Å². The highest BCUT2D eigenvalue weighted by Gasteiger charge is 2.42. The summed E-state index contributed by atoms with van der Waals surface area (Å²) in [5.74, 6) is -0.363. The van der Waals surface area contributed by atoms with E-state index >= 15 is 0 Å². The van der Waals surface area contributed by atoms with Gasteiger partial charge in [0, 0.05) is 23.4 Å². The molecule has 2 aromatic rings. The Hall–Kier alpha value is -1.91. The predicted octanol–water partition coefficient (Wildman–Crippen LogP) is 1.66. The average Bonchev–Trinajstić information content (AvgIpc) is 2.97. The van der Waals surface area contributed by atoms with Gasteiger partial charge in [0.1, 0.15) is 5.00 Å². The number of hydrogen-bond acceptors (Lipinski definition) is 8. The minimum Gasteiger partial charge on any atom is -0.459 e. The topological polar surface area (TPSA) is 117 Å². The number of thiophene rings is 1. The van der Waals surface area contributed by atoms with Crippen molar-refractivity contribution in [3.8, 4) is 0 Å². The summed E-state index contributed by atoms with van der Waals surface area (Å²) < 4.78 is 5.54. The Labute approximate surface area is 181 Å². The van der Waals surface area contributed by atoms with Crippen LogP contribution in [0.25, 0.3) is 0 Å². The van der Waals surface area contributed by atoms with Gasteiger partial charge in [-0.15, -0.1) is 11.3 Å². The fraction of sp³-hybridized carbons (Fsp3) is 0.476. The Bertz CT molecular complexity index is 940. The zero-order valence-electron chi connectivity index (χ0n) is 18.1. The molecule has 0 spiro atoms. The molecule has 0 radical (unpaired) electrons. The second-order valence-electron chi connectivity index (χ2n) is 8.88. The lowest BCUT2D eigenvalue weighted by Gasteiger charge is -2.42. The number of nitrogens with one attached hydrogen (secondary N) is 2. The molecule has 1 aromatic heterocycles. The van der Waals surface area contributed by atoms with Crippen molar-refractivity contribution in [2.24, 2.45) is 5.73 Å². The number of rotatable bonds is 6. The van der Waals surface area contributed by atoms with Gasteiger partial charge in [0.2, 0.25) is 0 Å². The van der Waals surface area contributed by atoms with Crippen LogP contribution in [-0.2, 0) is 23.2 Å². The molecule has 7 nitrogen and oxygen atoms in total. The van der Waals surface area contributed by atoms with Gasteiger partial charge in [-0.2, -0.15) is 0 Å². The highest BCUT2D eigenvalue weighted by atomic mass is 32.1. The number of nitrogens with two attached hydrogens (primary N) is 1. The molecule has 9 heteroatoms. The average molecular weight is 431 g/mol. The van der Waals surface area contributed by atoms with Crippen LogP contribution in [0.4, 0.5) is 5.00 Å². The first-order valence-corrected chi connectivity index (χ1v) is 10.9. The third-order valence-electron chi connectivity index (χ3n) is 4.97. The summed E-state index contributed by atoms with van der Waals surface area (Å²) in [5, 5.41) is 26.4. The molecular weight excluding hydrogens is 401 g/mol. The molecule has 0 amide bonds.